The summed E-state index contributed by atoms with van der Waals surface area (Å²) in [6.07, 6.45) is 8.60. The minimum Gasteiger partial charge on any atom is -0.292 e. The zero-order chi connectivity index (χ0) is 13.1. The summed E-state index contributed by atoms with van der Waals surface area (Å²) in [5, 5.41) is 10.0. The number of aromatic nitrogens is 4. The van der Waals surface area contributed by atoms with E-state index in [1.165, 1.54) is 43.6 Å². The molecule has 0 saturated heterocycles. The van der Waals surface area contributed by atoms with E-state index >= 15 is 0 Å². The first-order valence-corrected chi connectivity index (χ1v) is 7.51. The van der Waals surface area contributed by atoms with E-state index in [1.807, 2.05) is 16.9 Å². The Morgan fingerprint density at radius 3 is 2.95 bits per heavy atom. The molecular weight excluding hydrogens is 260 g/mol. The Hall–Kier alpha value is -1.56. The topological polar surface area (TPSA) is 60.7 Å². The van der Waals surface area contributed by atoms with Crippen molar-refractivity contribution >= 4 is 17.3 Å². The summed E-state index contributed by atoms with van der Waals surface area (Å²) in [4.78, 5) is 11.9. The lowest BCUT2D eigenvalue weighted by molar-refractivity contribution is 0.0987. The monoisotopic (exact) mass is 276 g/mol. The highest BCUT2D eigenvalue weighted by Gasteiger charge is 2.17. The van der Waals surface area contributed by atoms with Gasteiger partial charge in [-0.05, 0) is 30.4 Å². The largest absolute Gasteiger partial charge is 0.292 e. The van der Waals surface area contributed by atoms with Crippen LogP contribution in [0.15, 0.2) is 17.6 Å². The standard InChI is InChI=1S/C13H16N4OS/c18-13(12-9-19-16-14-12)8-10-6-7-17(15-10)11-4-2-1-3-5-11/h6-7,9,11H,1-5,8H2. The average molecular weight is 276 g/mol. The first kappa shape index (κ1) is 12.5. The van der Waals surface area contributed by atoms with Crippen molar-refractivity contribution in [1.29, 1.82) is 0 Å². The lowest BCUT2D eigenvalue weighted by Gasteiger charge is -2.21. The number of Topliss-reactive ketones (excluding diaryl/α,β-unsaturated/α-hetero) is 1. The molecule has 1 aliphatic carbocycles. The number of carbonyl (C=O) groups is 1. The Bertz CT molecular complexity index is 543. The van der Waals surface area contributed by atoms with Crippen LogP contribution in [0.25, 0.3) is 0 Å². The third-order valence-corrected chi connectivity index (χ3v) is 4.10. The Balaban J connectivity index is 1.66. The predicted octanol–water partition coefficient (Wildman–Crippen LogP) is 2.67. The van der Waals surface area contributed by atoms with Gasteiger partial charge in [0.2, 0.25) is 0 Å². The van der Waals surface area contributed by atoms with Gasteiger partial charge in [-0.25, -0.2) is 0 Å². The van der Waals surface area contributed by atoms with Crippen molar-refractivity contribution in [2.45, 2.75) is 44.6 Å². The fraction of sp³-hybridized carbons (Fsp3) is 0.538. The Labute approximate surface area is 115 Å². The second-order valence-corrected chi connectivity index (χ2v) is 5.58. The molecule has 0 spiro atoms. The van der Waals surface area contributed by atoms with Crippen LogP contribution < -0.4 is 0 Å². The molecule has 0 aliphatic heterocycles. The molecule has 2 aromatic rings. The Kier molecular flexibility index (Phi) is 3.68. The van der Waals surface area contributed by atoms with Gasteiger partial charge in [0.1, 0.15) is 5.69 Å². The van der Waals surface area contributed by atoms with Gasteiger partial charge in [-0.2, -0.15) is 5.10 Å². The van der Waals surface area contributed by atoms with E-state index in [1.54, 1.807) is 5.38 Å². The molecule has 2 heterocycles. The minimum absolute atomic E-state index is 0.0114. The van der Waals surface area contributed by atoms with Crippen molar-refractivity contribution in [3.8, 4) is 0 Å². The molecule has 6 heteroatoms. The SMILES string of the molecule is O=C(Cc1ccn(C2CCCCC2)n1)c1csnn1. The van der Waals surface area contributed by atoms with Crippen LogP contribution in [-0.4, -0.2) is 25.2 Å². The van der Waals surface area contributed by atoms with Crippen LogP contribution in [0.5, 0.6) is 0 Å². The van der Waals surface area contributed by atoms with Gasteiger partial charge in [-0.3, -0.25) is 9.48 Å². The Morgan fingerprint density at radius 2 is 2.21 bits per heavy atom. The summed E-state index contributed by atoms with van der Waals surface area (Å²) >= 11 is 1.20. The summed E-state index contributed by atoms with van der Waals surface area (Å²) in [6.45, 7) is 0. The van der Waals surface area contributed by atoms with Crippen molar-refractivity contribution in [2.75, 3.05) is 0 Å². The van der Waals surface area contributed by atoms with Gasteiger partial charge in [-0.15, -0.1) is 5.10 Å². The van der Waals surface area contributed by atoms with Crippen LogP contribution in [0, 0.1) is 0 Å². The molecule has 1 saturated carbocycles. The lowest BCUT2D eigenvalue weighted by atomic mass is 9.96. The zero-order valence-electron chi connectivity index (χ0n) is 10.7. The molecule has 0 radical (unpaired) electrons. The second-order valence-electron chi connectivity index (χ2n) is 4.97. The fourth-order valence-electron chi connectivity index (χ4n) is 2.56. The van der Waals surface area contributed by atoms with Crippen molar-refractivity contribution < 1.29 is 4.79 Å². The van der Waals surface area contributed by atoms with Crippen LogP contribution in [0.3, 0.4) is 0 Å². The van der Waals surface area contributed by atoms with Crippen molar-refractivity contribution in [1.82, 2.24) is 19.4 Å². The van der Waals surface area contributed by atoms with Gasteiger partial charge in [0.25, 0.3) is 0 Å². The maximum Gasteiger partial charge on any atom is 0.190 e. The van der Waals surface area contributed by atoms with Crippen molar-refractivity contribution in [3.63, 3.8) is 0 Å². The molecule has 1 aliphatic rings. The van der Waals surface area contributed by atoms with Gasteiger partial charge >= 0.3 is 0 Å². The maximum absolute atomic E-state index is 11.9. The predicted molar refractivity (Wildman–Crippen MR) is 72.3 cm³/mol. The lowest BCUT2D eigenvalue weighted by Crippen LogP contribution is -2.14. The summed E-state index contributed by atoms with van der Waals surface area (Å²) in [6, 6.07) is 2.45. The van der Waals surface area contributed by atoms with Crippen LogP contribution >= 0.6 is 11.5 Å². The Morgan fingerprint density at radius 1 is 1.37 bits per heavy atom. The van der Waals surface area contributed by atoms with Gasteiger partial charge in [0.05, 0.1) is 18.2 Å². The average Bonchev–Trinajstić information content (AvgIpc) is 3.11. The molecule has 0 amide bonds. The number of ketones is 1. The highest BCUT2D eigenvalue weighted by atomic mass is 32.1. The summed E-state index contributed by atoms with van der Waals surface area (Å²) < 4.78 is 5.74. The molecule has 0 bridgehead atoms. The van der Waals surface area contributed by atoms with Gasteiger partial charge in [0.15, 0.2) is 5.78 Å². The van der Waals surface area contributed by atoms with Crippen LogP contribution in [0.4, 0.5) is 0 Å². The molecule has 19 heavy (non-hydrogen) atoms. The smallest absolute Gasteiger partial charge is 0.190 e. The van der Waals surface area contributed by atoms with Gasteiger partial charge in [-0.1, -0.05) is 23.8 Å². The van der Waals surface area contributed by atoms with Gasteiger partial charge < -0.3 is 0 Å². The van der Waals surface area contributed by atoms with Crippen LogP contribution in [0.2, 0.25) is 0 Å². The molecule has 2 aromatic heterocycles. The fourth-order valence-corrected chi connectivity index (χ4v) is 3.02. The van der Waals surface area contributed by atoms with E-state index in [0.29, 0.717) is 18.2 Å². The van der Waals surface area contributed by atoms with Crippen molar-refractivity contribution in [2.24, 2.45) is 0 Å². The zero-order valence-corrected chi connectivity index (χ0v) is 11.5. The summed E-state index contributed by atoms with van der Waals surface area (Å²) in [5.41, 5.74) is 1.26. The first-order valence-electron chi connectivity index (χ1n) is 6.67. The number of hydrogen-bond acceptors (Lipinski definition) is 5. The maximum atomic E-state index is 11.9. The van der Waals surface area contributed by atoms with E-state index in [0.717, 1.165) is 5.69 Å². The third-order valence-electron chi connectivity index (χ3n) is 3.60. The van der Waals surface area contributed by atoms with E-state index in [4.69, 9.17) is 0 Å². The molecular formula is C13H16N4OS. The molecule has 0 N–H and O–H groups in total. The summed E-state index contributed by atoms with van der Waals surface area (Å²) in [5.74, 6) is -0.0114. The molecule has 1 fully saturated rings. The van der Waals surface area contributed by atoms with E-state index in [2.05, 4.69) is 14.7 Å². The highest BCUT2D eigenvalue weighted by molar-refractivity contribution is 7.03. The second kappa shape index (κ2) is 5.61. The normalized spacial score (nSPS) is 16.6. The molecule has 0 unspecified atom stereocenters. The molecule has 0 atom stereocenters. The molecule has 0 aromatic carbocycles. The molecule has 100 valence electrons. The molecule has 5 nitrogen and oxygen atoms in total. The number of rotatable bonds is 4. The highest BCUT2D eigenvalue weighted by Crippen LogP contribution is 2.27. The first-order chi connectivity index (χ1) is 9.33. The van der Waals surface area contributed by atoms with Crippen LogP contribution in [-0.2, 0) is 6.42 Å². The third kappa shape index (κ3) is 2.89. The number of hydrogen-bond donors (Lipinski definition) is 0. The molecule has 3 rings (SSSR count). The van der Waals surface area contributed by atoms with Crippen molar-refractivity contribution in [3.05, 3.63) is 29.0 Å². The minimum atomic E-state index is -0.0114. The van der Waals surface area contributed by atoms with E-state index < -0.39 is 0 Å². The van der Waals surface area contributed by atoms with Gasteiger partial charge in [0, 0.05) is 11.6 Å². The van der Waals surface area contributed by atoms with E-state index in [-0.39, 0.29) is 5.78 Å². The number of nitrogens with zero attached hydrogens (tertiary/aromatic N) is 4. The number of carbonyl (C=O) groups excluding carboxylic acids is 1. The van der Waals surface area contributed by atoms with E-state index in [9.17, 15) is 4.79 Å². The quantitative estimate of drug-likeness (QED) is 0.805. The summed E-state index contributed by atoms with van der Waals surface area (Å²) in [7, 11) is 0. The van der Waals surface area contributed by atoms with Crippen LogP contribution in [0.1, 0.15) is 54.3 Å².